The third-order valence-corrected chi connectivity index (χ3v) is 5.46. The fourth-order valence-corrected chi connectivity index (χ4v) is 3.75. The van der Waals surface area contributed by atoms with Crippen LogP contribution in [0, 0.1) is 20.2 Å². The molecule has 13 heteroatoms. The summed E-state index contributed by atoms with van der Waals surface area (Å²) in [4.78, 5) is 47.4. The van der Waals surface area contributed by atoms with E-state index in [1.54, 1.807) is 18.2 Å². The quantitative estimate of drug-likeness (QED) is 0.159. The second-order valence-corrected chi connectivity index (χ2v) is 8.10. The van der Waals surface area contributed by atoms with Gasteiger partial charge in [0.25, 0.3) is 17.5 Å². The molecule has 2 amide bonds. The zero-order chi connectivity index (χ0) is 26.0. The van der Waals surface area contributed by atoms with Crippen LogP contribution in [-0.4, -0.2) is 26.8 Å². The Bertz CT molecular complexity index is 1470. The number of carbonyl (C=O) groups is 2. The Balaban J connectivity index is 1.59. The highest BCUT2D eigenvalue weighted by molar-refractivity contribution is 7.80. The van der Waals surface area contributed by atoms with Crippen molar-refractivity contribution in [2.45, 2.75) is 0 Å². The maximum absolute atomic E-state index is 13.1. The monoisotopic (exact) mass is 524 g/mol. The number of anilines is 1. The van der Waals surface area contributed by atoms with Crippen LogP contribution in [0.4, 0.5) is 17.1 Å². The lowest BCUT2D eigenvalue weighted by Gasteiger charge is -2.29. The number of non-ortho nitro benzene ring substituents is 1. The first-order valence-corrected chi connectivity index (χ1v) is 10.8. The molecule has 1 saturated heterocycles. The Labute approximate surface area is 212 Å². The van der Waals surface area contributed by atoms with Crippen molar-refractivity contribution in [2.75, 3.05) is 4.90 Å². The van der Waals surface area contributed by atoms with E-state index in [2.05, 4.69) is 5.32 Å². The molecule has 0 spiro atoms. The molecule has 180 valence electrons. The SMILES string of the molecule is O=C1NC(=S)N(c2cccc(Cl)c2)C(=O)/C1=C/c1ccc(Oc2ccc([N+](=O)[O-])cc2[N+](=O)[O-])cc1. The van der Waals surface area contributed by atoms with E-state index >= 15 is 0 Å². The summed E-state index contributed by atoms with van der Waals surface area (Å²) in [7, 11) is 0. The standard InChI is InChI=1S/C23H13ClN4O7S/c24-14-2-1-3-15(11-14)26-22(30)18(21(29)25-23(26)36)10-13-4-7-17(8-5-13)35-20-9-6-16(27(31)32)12-19(20)28(33)34/h1-12H,(H,25,29,36)/b18-10+. The summed E-state index contributed by atoms with van der Waals surface area (Å²) in [5, 5.41) is 25.0. The topological polar surface area (TPSA) is 145 Å². The summed E-state index contributed by atoms with van der Waals surface area (Å²) >= 11 is 11.2. The van der Waals surface area contributed by atoms with Crippen molar-refractivity contribution in [3.8, 4) is 11.5 Å². The summed E-state index contributed by atoms with van der Waals surface area (Å²) in [6.45, 7) is 0. The number of carbonyl (C=O) groups excluding carboxylic acids is 2. The molecule has 0 aromatic heterocycles. The van der Waals surface area contributed by atoms with Crippen LogP contribution in [0.1, 0.15) is 5.56 Å². The number of halogens is 1. The van der Waals surface area contributed by atoms with Gasteiger partial charge in [-0.15, -0.1) is 0 Å². The lowest BCUT2D eigenvalue weighted by atomic mass is 10.1. The number of nitrogens with one attached hydrogen (secondary N) is 1. The van der Waals surface area contributed by atoms with Gasteiger partial charge in [-0.2, -0.15) is 0 Å². The molecule has 1 aliphatic heterocycles. The zero-order valence-electron chi connectivity index (χ0n) is 17.9. The molecule has 0 bridgehead atoms. The van der Waals surface area contributed by atoms with Crippen LogP contribution in [0.2, 0.25) is 5.02 Å². The third kappa shape index (κ3) is 5.04. The molecule has 1 fully saturated rings. The average molecular weight is 525 g/mol. The molecule has 1 heterocycles. The fraction of sp³-hybridized carbons (Fsp3) is 0. The van der Waals surface area contributed by atoms with Gasteiger partial charge in [-0.1, -0.05) is 29.8 Å². The Morgan fingerprint density at radius 3 is 2.33 bits per heavy atom. The lowest BCUT2D eigenvalue weighted by Crippen LogP contribution is -2.54. The third-order valence-electron chi connectivity index (χ3n) is 4.94. The van der Waals surface area contributed by atoms with Crippen LogP contribution in [-0.2, 0) is 9.59 Å². The number of amides is 2. The zero-order valence-corrected chi connectivity index (χ0v) is 19.5. The van der Waals surface area contributed by atoms with E-state index in [-0.39, 0.29) is 22.2 Å². The van der Waals surface area contributed by atoms with Crippen molar-refractivity contribution >= 4 is 63.9 Å². The highest BCUT2D eigenvalue weighted by Crippen LogP contribution is 2.34. The minimum Gasteiger partial charge on any atom is -0.450 e. The summed E-state index contributed by atoms with van der Waals surface area (Å²) in [5.74, 6) is -1.32. The molecule has 0 saturated carbocycles. The summed E-state index contributed by atoms with van der Waals surface area (Å²) in [6.07, 6.45) is 1.36. The van der Waals surface area contributed by atoms with E-state index in [1.165, 1.54) is 36.4 Å². The second kappa shape index (κ2) is 9.90. The van der Waals surface area contributed by atoms with E-state index < -0.39 is 33.0 Å². The first-order valence-electron chi connectivity index (χ1n) is 10.0. The maximum atomic E-state index is 13.1. The molecule has 1 aliphatic rings. The number of nitro groups is 2. The van der Waals surface area contributed by atoms with Crippen molar-refractivity contribution in [3.05, 3.63) is 103 Å². The van der Waals surface area contributed by atoms with Crippen LogP contribution >= 0.6 is 23.8 Å². The van der Waals surface area contributed by atoms with Crippen LogP contribution in [0.5, 0.6) is 11.5 Å². The lowest BCUT2D eigenvalue weighted by molar-refractivity contribution is -0.394. The van der Waals surface area contributed by atoms with Crippen LogP contribution in [0.3, 0.4) is 0 Å². The second-order valence-electron chi connectivity index (χ2n) is 7.28. The van der Waals surface area contributed by atoms with E-state index in [0.717, 1.165) is 23.1 Å². The van der Waals surface area contributed by atoms with Crippen molar-refractivity contribution in [3.63, 3.8) is 0 Å². The summed E-state index contributed by atoms with van der Waals surface area (Å²) < 4.78 is 5.52. The molecule has 0 unspecified atom stereocenters. The Morgan fingerprint density at radius 2 is 1.69 bits per heavy atom. The van der Waals surface area contributed by atoms with E-state index in [0.29, 0.717) is 16.3 Å². The predicted octanol–water partition coefficient (Wildman–Crippen LogP) is 4.78. The molecule has 3 aromatic carbocycles. The molecule has 0 atom stereocenters. The number of hydrogen-bond acceptors (Lipinski definition) is 8. The van der Waals surface area contributed by atoms with Gasteiger partial charge in [0, 0.05) is 11.1 Å². The number of nitro benzene ring substituents is 2. The minimum absolute atomic E-state index is 0.0853. The molecular formula is C23H13ClN4O7S. The first kappa shape index (κ1) is 24.4. The van der Waals surface area contributed by atoms with Gasteiger partial charge in [0.15, 0.2) is 5.11 Å². The van der Waals surface area contributed by atoms with Crippen molar-refractivity contribution in [1.82, 2.24) is 5.32 Å². The number of benzene rings is 3. The van der Waals surface area contributed by atoms with Crippen LogP contribution in [0.25, 0.3) is 6.08 Å². The molecule has 11 nitrogen and oxygen atoms in total. The van der Waals surface area contributed by atoms with E-state index in [9.17, 15) is 29.8 Å². The largest absolute Gasteiger partial charge is 0.450 e. The minimum atomic E-state index is -0.787. The molecule has 0 aliphatic carbocycles. The average Bonchev–Trinajstić information content (AvgIpc) is 2.82. The molecule has 1 N–H and O–H groups in total. The van der Waals surface area contributed by atoms with Gasteiger partial charge in [0.05, 0.1) is 21.6 Å². The highest BCUT2D eigenvalue weighted by atomic mass is 35.5. The molecule has 3 aromatic rings. The maximum Gasteiger partial charge on any atom is 0.318 e. The van der Waals surface area contributed by atoms with Gasteiger partial charge in [0.2, 0.25) is 5.75 Å². The van der Waals surface area contributed by atoms with Crippen LogP contribution < -0.4 is 15.0 Å². The van der Waals surface area contributed by atoms with E-state index in [4.69, 9.17) is 28.6 Å². The van der Waals surface area contributed by atoms with Crippen molar-refractivity contribution in [1.29, 1.82) is 0 Å². The number of ether oxygens (including phenoxy) is 1. The van der Waals surface area contributed by atoms with Gasteiger partial charge in [-0.05, 0) is 60.3 Å². The van der Waals surface area contributed by atoms with Gasteiger partial charge in [-0.25, -0.2) is 0 Å². The van der Waals surface area contributed by atoms with Crippen molar-refractivity contribution < 1.29 is 24.2 Å². The summed E-state index contributed by atoms with van der Waals surface area (Å²) in [6, 6.07) is 15.4. The summed E-state index contributed by atoms with van der Waals surface area (Å²) in [5.41, 5.74) is -0.354. The Hall–Kier alpha value is -4.68. The molecule has 0 radical (unpaired) electrons. The van der Waals surface area contributed by atoms with E-state index in [1.807, 2.05) is 0 Å². The molecule has 36 heavy (non-hydrogen) atoms. The normalized spacial score (nSPS) is 14.5. The number of thiocarbonyl (C=S) groups is 1. The number of rotatable bonds is 6. The van der Waals surface area contributed by atoms with Gasteiger partial charge in [0.1, 0.15) is 11.3 Å². The van der Waals surface area contributed by atoms with Crippen molar-refractivity contribution in [2.24, 2.45) is 0 Å². The van der Waals surface area contributed by atoms with Crippen LogP contribution in [0.15, 0.2) is 72.3 Å². The van der Waals surface area contributed by atoms with Gasteiger partial charge < -0.3 is 4.74 Å². The predicted molar refractivity (Wildman–Crippen MR) is 134 cm³/mol. The molecule has 4 rings (SSSR count). The number of nitrogens with zero attached hydrogens (tertiary/aromatic N) is 3. The fourth-order valence-electron chi connectivity index (χ4n) is 3.28. The Kier molecular flexibility index (Phi) is 6.72. The smallest absolute Gasteiger partial charge is 0.318 e. The molecular weight excluding hydrogens is 512 g/mol. The van der Waals surface area contributed by atoms with Gasteiger partial charge >= 0.3 is 5.69 Å². The number of hydrogen-bond donors (Lipinski definition) is 1. The Morgan fingerprint density at radius 1 is 0.972 bits per heavy atom. The highest BCUT2D eigenvalue weighted by Gasteiger charge is 2.34. The first-order chi connectivity index (χ1) is 17.1. The van der Waals surface area contributed by atoms with Gasteiger partial charge in [-0.3, -0.25) is 40.0 Å².